The van der Waals surface area contributed by atoms with E-state index in [1.165, 1.54) is 12.1 Å². The number of rotatable bonds is 7. The van der Waals surface area contributed by atoms with E-state index in [0.29, 0.717) is 6.54 Å². The van der Waals surface area contributed by atoms with Crippen molar-refractivity contribution in [2.45, 2.75) is 17.7 Å². The molecule has 0 saturated carbocycles. The molecule has 0 spiro atoms. The summed E-state index contributed by atoms with van der Waals surface area (Å²) in [5, 5.41) is 9.09. The molecule has 0 atom stereocenters. The van der Waals surface area contributed by atoms with Crippen molar-refractivity contribution in [2.75, 3.05) is 26.2 Å². The van der Waals surface area contributed by atoms with Crippen LogP contribution in [-0.4, -0.2) is 39.5 Å². The van der Waals surface area contributed by atoms with Gasteiger partial charge in [-0.25, -0.2) is 21.9 Å². The molecule has 1 fully saturated rings. The van der Waals surface area contributed by atoms with Gasteiger partial charge in [-0.1, -0.05) is 0 Å². The number of hydrogen-bond donors (Lipinski definition) is 1. The maximum atomic E-state index is 13.9. The van der Waals surface area contributed by atoms with E-state index in [1.807, 2.05) is 6.07 Å². The molecule has 0 radical (unpaired) electrons. The third kappa shape index (κ3) is 5.87. The molecule has 1 aliphatic heterocycles. The van der Waals surface area contributed by atoms with Crippen LogP contribution >= 0.6 is 12.4 Å². The number of sulfonamides is 1. The summed E-state index contributed by atoms with van der Waals surface area (Å²) in [5.74, 6) is -2.20. The van der Waals surface area contributed by atoms with Gasteiger partial charge in [-0.05, 0) is 56.3 Å². The van der Waals surface area contributed by atoms with Crippen LogP contribution in [-0.2, 0) is 10.0 Å². The molecule has 10 heteroatoms. The average Bonchev–Trinajstić information content (AvgIpc) is 3.18. The van der Waals surface area contributed by atoms with Crippen molar-refractivity contribution in [1.29, 1.82) is 5.26 Å². The van der Waals surface area contributed by atoms with Gasteiger partial charge in [0.25, 0.3) is 0 Å². The normalized spacial score (nSPS) is 14.2. The first kappa shape index (κ1) is 23.0. The highest BCUT2D eigenvalue weighted by Gasteiger charge is 2.22. The molecular formula is C19H20ClF2N3O3S. The first-order valence-electron chi connectivity index (χ1n) is 8.78. The largest absolute Gasteiger partial charge is 0.453 e. The number of halogens is 3. The molecular weight excluding hydrogens is 424 g/mol. The smallest absolute Gasteiger partial charge is 0.244 e. The zero-order valence-corrected chi connectivity index (χ0v) is 17.0. The van der Waals surface area contributed by atoms with Gasteiger partial charge in [-0.3, -0.25) is 0 Å². The standard InChI is InChI=1S/C19H19F2N3O3S.ClH/c20-15-4-5-16(21)18(12-15)27-17-6-3-14(13-22)11-19(17)28(25,26)23-7-10-24-8-1-2-9-24;/h3-6,11-12,23H,1-2,7-10H2;1H. The van der Waals surface area contributed by atoms with Gasteiger partial charge < -0.3 is 9.64 Å². The number of benzene rings is 2. The maximum Gasteiger partial charge on any atom is 0.244 e. The van der Waals surface area contributed by atoms with Crippen molar-refractivity contribution in [3.8, 4) is 17.6 Å². The predicted molar refractivity (Wildman–Crippen MR) is 106 cm³/mol. The minimum absolute atomic E-state index is 0. The van der Waals surface area contributed by atoms with Crippen LogP contribution < -0.4 is 9.46 Å². The lowest BCUT2D eigenvalue weighted by Gasteiger charge is -2.16. The number of likely N-dealkylation sites (tertiary alicyclic amines) is 1. The van der Waals surface area contributed by atoms with E-state index >= 15 is 0 Å². The van der Waals surface area contributed by atoms with Crippen LogP contribution in [0.5, 0.6) is 11.5 Å². The van der Waals surface area contributed by atoms with E-state index in [0.717, 1.165) is 50.2 Å². The van der Waals surface area contributed by atoms with Gasteiger partial charge in [0.05, 0.1) is 11.6 Å². The van der Waals surface area contributed by atoms with Gasteiger partial charge >= 0.3 is 0 Å². The Morgan fingerprint density at radius 1 is 1.10 bits per heavy atom. The number of nitrogens with zero attached hydrogens (tertiary/aromatic N) is 2. The van der Waals surface area contributed by atoms with Crippen molar-refractivity contribution in [3.63, 3.8) is 0 Å². The highest BCUT2D eigenvalue weighted by molar-refractivity contribution is 7.89. The van der Waals surface area contributed by atoms with Crippen LogP contribution in [0.15, 0.2) is 41.3 Å². The summed E-state index contributed by atoms with van der Waals surface area (Å²) in [6.45, 7) is 2.61. The topological polar surface area (TPSA) is 82.4 Å². The molecule has 0 bridgehead atoms. The first-order chi connectivity index (χ1) is 13.4. The molecule has 1 N–H and O–H groups in total. The van der Waals surface area contributed by atoms with Gasteiger partial charge in [0.15, 0.2) is 11.6 Å². The fraction of sp³-hybridized carbons (Fsp3) is 0.316. The van der Waals surface area contributed by atoms with Crippen LogP contribution in [0, 0.1) is 23.0 Å². The Morgan fingerprint density at radius 3 is 2.52 bits per heavy atom. The zero-order valence-electron chi connectivity index (χ0n) is 15.4. The lowest BCUT2D eigenvalue weighted by molar-refractivity contribution is 0.344. The predicted octanol–water partition coefficient (Wildman–Crippen LogP) is 3.42. The lowest BCUT2D eigenvalue weighted by Crippen LogP contribution is -2.33. The zero-order chi connectivity index (χ0) is 20.1. The van der Waals surface area contributed by atoms with E-state index in [9.17, 15) is 17.2 Å². The minimum Gasteiger partial charge on any atom is -0.453 e. The number of nitrogens with one attached hydrogen (secondary N) is 1. The van der Waals surface area contributed by atoms with Crippen LogP contribution in [0.4, 0.5) is 8.78 Å². The molecule has 1 saturated heterocycles. The third-order valence-electron chi connectivity index (χ3n) is 4.39. The molecule has 1 heterocycles. The van der Waals surface area contributed by atoms with Crippen molar-refractivity contribution in [3.05, 3.63) is 53.6 Å². The molecule has 0 amide bonds. The molecule has 0 unspecified atom stereocenters. The fourth-order valence-corrected chi connectivity index (χ4v) is 4.14. The molecule has 2 aromatic carbocycles. The van der Waals surface area contributed by atoms with Crippen molar-refractivity contribution < 1.29 is 21.9 Å². The van der Waals surface area contributed by atoms with Crippen molar-refractivity contribution >= 4 is 22.4 Å². The summed E-state index contributed by atoms with van der Waals surface area (Å²) in [6, 6.07) is 8.24. The Balaban J connectivity index is 0.00000300. The molecule has 1 aliphatic rings. The Labute approximate surface area is 174 Å². The number of nitriles is 1. The van der Waals surface area contributed by atoms with Crippen LogP contribution in [0.2, 0.25) is 0 Å². The monoisotopic (exact) mass is 443 g/mol. The molecule has 29 heavy (non-hydrogen) atoms. The van der Waals surface area contributed by atoms with Gasteiger partial charge in [0.1, 0.15) is 16.5 Å². The lowest BCUT2D eigenvalue weighted by atomic mass is 10.2. The average molecular weight is 444 g/mol. The van der Waals surface area contributed by atoms with Gasteiger partial charge in [-0.2, -0.15) is 5.26 Å². The Kier molecular flexibility index (Phi) is 7.93. The van der Waals surface area contributed by atoms with E-state index in [1.54, 1.807) is 0 Å². The summed E-state index contributed by atoms with van der Waals surface area (Å²) < 4.78 is 60.6. The Hall–Kier alpha value is -2.25. The molecule has 0 aromatic heterocycles. The van der Waals surface area contributed by atoms with E-state index in [-0.39, 0.29) is 35.2 Å². The Bertz CT molecular complexity index is 1010. The second-order valence-electron chi connectivity index (χ2n) is 6.40. The second kappa shape index (κ2) is 9.98. The maximum absolute atomic E-state index is 13.9. The summed E-state index contributed by atoms with van der Waals surface area (Å²) in [5.41, 5.74) is 0.104. The van der Waals surface area contributed by atoms with Gasteiger partial charge in [0, 0.05) is 19.2 Å². The summed E-state index contributed by atoms with van der Waals surface area (Å²) >= 11 is 0. The SMILES string of the molecule is Cl.N#Cc1ccc(Oc2cc(F)ccc2F)c(S(=O)(=O)NCCN2CCCC2)c1. The molecule has 2 aromatic rings. The van der Waals surface area contributed by atoms with Crippen LogP contribution in [0.1, 0.15) is 18.4 Å². The third-order valence-corrected chi connectivity index (χ3v) is 5.88. The first-order valence-corrected chi connectivity index (χ1v) is 10.3. The van der Waals surface area contributed by atoms with E-state index in [4.69, 9.17) is 10.00 Å². The summed E-state index contributed by atoms with van der Waals surface area (Å²) in [7, 11) is -4.03. The number of hydrogen-bond acceptors (Lipinski definition) is 5. The molecule has 156 valence electrons. The summed E-state index contributed by atoms with van der Waals surface area (Å²) in [6.07, 6.45) is 2.18. The molecule has 0 aliphatic carbocycles. The van der Waals surface area contributed by atoms with Gasteiger partial charge in [0.2, 0.25) is 10.0 Å². The highest BCUT2D eigenvalue weighted by atomic mass is 35.5. The second-order valence-corrected chi connectivity index (χ2v) is 8.13. The van der Waals surface area contributed by atoms with Crippen LogP contribution in [0.3, 0.4) is 0 Å². The Morgan fingerprint density at radius 2 is 1.83 bits per heavy atom. The minimum atomic E-state index is -4.03. The van der Waals surface area contributed by atoms with Gasteiger partial charge in [-0.15, -0.1) is 12.4 Å². The molecule has 3 rings (SSSR count). The molecule has 6 nitrogen and oxygen atoms in total. The quantitative estimate of drug-likeness (QED) is 0.709. The van der Waals surface area contributed by atoms with Crippen molar-refractivity contribution in [2.24, 2.45) is 0 Å². The van der Waals surface area contributed by atoms with E-state index in [2.05, 4.69) is 9.62 Å². The van der Waals surface area contributed by atoms with Crippen molar-refractivity contribution in [1.82, 2.24) is 9.62 Å². The van der Waals surface area contributed by atoms with E-state index < -0.39 is 27.4 Å². The highest BCUT2D eigenvalue weighted by Crippen LogP contribution is 2.31. The number of ether oxygens (including phenoxy) is 1. The van der Waals surface area contributed by atoms with Crippen LogP contribution in [0.25, 0.3) is 0 Å². The summed E-state index contributed by atoms with van der Waals surface area (Å²) in [4.78, 5) is 1.84. The fourth-order valence-electron chi connectivity index (χ4n) is 2.97.